The van der Waals surface area contributed by atoms with E-state index < -0.39 is 12.1 Å². The number of aliphatic hydroxyl groups excluding tert-OH is 1. The van der Waals surface area contributed by atoms with E-state index in [-0.39, 0.29) is 11.8 Å². The molecule has 2 unspecified atom stereocenters. The van der Waals surface area contributed by atoms with Gasteiger partial charge in [-0.1, -0.05) is 11.0 Å². The Morgan fingerprint density at radius 2 is 2.23 bits per heavy atom. The van der Waals surface area contributed by atoms with Crippen LogP contribution in [0.3, 0.4) is 0 Å². The van der Waals surface area contributed by atoms with Gasteiger partial charge in [-0.05, 0) is 19.8 Å². The first-order chi connectivity index (χ1) is 6.15. The summed E-state index contributed by atoms with van der Waals surface area (Å²) < 4.78 is 5.07. The van der Waals surface area contributed by atoms with Gasteiger partial charge < -0.3 is 15.3 Å². The lowest BCUT2D eigenvalue weighted by atomic mass is 10.2. The molecule has 3 N–H and O–H groups in total. The molecule has 13 heavy (non-hydrogen) atoms. The van der Waals surface area contributed by atoms with Crippen molar-refractivity contribution in [2.24, 2.45) is 5.73 Å². The Kier molecular flexibility index (Phi) is 3.01. The zero-order valence-corrected chi connectivity index (χ0v) is 7.48. The third-order valence-corrected chi connectivity index (χ3v) is 1.48. The quantitative estimate of drug-likeness (QED) is 0.618. The molecular formula is C8H11N3O2. The second-order valence-electron chi connectivity index (χ2n) is 2.59. The second-order valence-corrected chi connectivity index (χ2v) is 2.59. The first-order valence-electron chi connectivity index (χ1n) is 3.85. The highest BCUT2D eigenvalue weighted by Crippen LogP contribution is 2.11. The average Bonchev–Trinajstić information content (AvgIpc) is 2.52. The first-order valence-corrected chi connectivity index (χ1v) is 3.85. The summed E-state index contributed by atoms with van der Waals surface area (Å²) in [4.78, 5) is 0. The van der Waals surface area contributed by atoms with E-state index in [9.17, 15) is 0 Å². The first kappa shape index (κ1) is 9.71. The Labute approximate surface area is 76.0 Å². The number of rotatable bonds is 2. The molecule has 1 rings (SSSR count). The smallest absolute Gasteiger partial charge is 0.293 e. The lowest BCUT2D eigenvalue weighted by Crippen LogP contribution is -2.23. The van der Waals surface area contributed by atoms with Crippen molar-refractivity contribution in [3.8, 4) is 11.8 Å². The summed E-state index contributed by atoms with van der Waals surface area (Å²) in [5.41, 5.74) is 5.55. The minimum absolute atomic E-state index is 0.202. The van der Waals surface area contributed by atoms with Crippen molar-refractivity contribution in [1.29, 1.82) is 0 Å². The Morgan fingerprint density at radius 3 is 2.77 bits per heavy atom. The van der Waals surface area contributed by atoms with Gasteiger partial charge in [0.25, 0.3) is 5.89 Å². The molecule has 5 nitrogen and oxygen atoms in total. The van der Waals surface area contributed by atoms with Crippen molar-refractivity contribution in [3.05, 3.63) is 11.8 Å². The van der Waals surface area contributed by atoms with Crippen molar-refractivity contribution in [3.63, 3.8) is 0 Å². The van der Waals surface area contributed by atoms with Gasteiger partial charge in [-0.3, -0.25) is 0 Å². The summed E-state index contributed by atoms with van der Waals surface area (Å²) in [7, 11) is 0. The van der Waals surface area contributed by atoms with Crippen LogP contribution < -0.4 is 5.73 Å². The van der Waals surface area contributed by atoms with Crippen LogP contribution in [0.2, 0.25) is 0 Å². The zero-order chi connectivity index (χ0) is 9.84. The minimum Gasteiger partial charge on any atom is -0.413 e. The summed E-state index contributed by atoms with van der Waals surface area (Å²) in [6, 6.07) is -0.653. The van der Waals surface area contributed by atoms with Crippen molar-refractivity contribution in [1.82, 2.24) is 10.2 Å². The van der Waals surface area contributed by atoms with E-state index in [1.165, 1.54) is 0 Å². The van der Waals surface area contributed by atoms with E-state index in [2.05, 4.69) is 22.0 Å². The number of hydrogen-bond acceptors (Lipinski definition) is 5. The van der Waals surface area contributed by atoms with Crippen LogP contribution in [0.5, 0.6) is 0 Å². The van der Waals surface area contributed by atoms with Gasteiger partial charge in [-0.2, -0.15) is 0 Å². The number of aromatic nitrogens is 2. The molecule has 0 aromatic carbocycles. The third-order valence-electron chi connectivity index (χ3n) is 1.48. The normalized spacial score (nSPS) is 14.5. The molecule has 0 bridgehead atoms. The number of hydrogen-bond donors (Lipinski definition) is 2. The molecule has 5 heteroatoms. The van der Waals surface area contributed by atoms with E-state index in [0.29, 0.717) is 0 Å². The summed E-state index contributed by atoms with van der Waals surface area (Å²) >= 11 is 0. The Bertz CT molecular complexity index is 335. The molecule has 0 radical (unpaired) electrons. The number of nitrogens with zero attached hydrogens (tertiary/aromatic N) is 2. The molecule has 1 aromatic rings. The van der Waals surface area contributed by atoms with Gasteiger partial charge in [0.1, 0.15) is 6.04 Å². The maximum atomic E-state index is 9.12. The summed E-state index contributed by atoms with van der Waals surface area (Å²) in [6.07, 6.45) is -0.720. The predicted octanol–water partition coefficient (Wildman–Crippen LogP) is -0.178. The third kappa shape index (κ3) is 2.28. The van der Waals surface area contributed by atoms with Crippen molar-refractivity contribution >= 4 is 0 Å². The molecule has 0 spiro atoms. The molecule has 0 aliphatic rings. The molecule has 0 saturated heterocycles. The van der Waals surface area contributed by atoms with Gasteiger partial charge in [-0.25, -0.2) is 0 Å². The van der Waals surface area contributed by atoms with Gasteiger partial charge in [0, 0.05) is 0 Å². The van der Waals surface area contributed by atoms with Crippen LogP contribution in [0.25, 0.3) is 0 Å². The fourth-order valence-corrected chi connectivity index (χ4v) is 0.733. The minimum atomic E-state index is -0.720. The van der Waals surface area contributed by atoms with Crippen LogP contribution in [0.1, 0.15) is 31.7 Å². The van der Waals surface area contributed by atoms with Gasteiger partial charge in [0.05, 0.1) is 6.10 Å². The highest BCUT2D eigenvalue weighted by atomic mass is 16.4. The van der Waals surface area contributed by atoms with Crippen molar-refractivity contribution in [2.75, 3.05) is 0 Å². The lowest BCUT2D eigenvalue weighted by molar-refractivity contribution is 0.150. The van der Waals surface area contributed by atoms with Crippen LogP contribution >= 0.6 is 0 Å². The maximum Gasteiger partial charge on any atom is 0.293 e. The number of aliphatic hydroxyl groups is 1. The Hall–Kier alpha value is -1.38. The van der Waals surface area contributed by atoms with Crippen molar-refractivity contribution < 1.29 is 9.52 Å². The zero-order valence-electron chi connectivity index (χ0n) is 7.48. The molecule has 0 aliphatic carbocycles. The summed E-state index contributed by atoms with van der Waals surface area (Å²) in [5, 5.41) is 16.4. The van der Waals surface area contributed by atoms with Gasteiger partial charge in [0.2, 0.25) is 5.89 Å². The van der Waals surface area contributed by atoms with E-state index >= 15 is 0 Å². The fourth-order valence-electron chi connectivity index (χ4n) is 0.733. The molecule has 1 aromatic heterocycles. The van der Waals surface area contributed by atoms with Crippen LogP contribution in [-0.2, 0) is 0 Å². The monoisotopic (exact) mass is 181 g/mol. The van der Waals surface area contributed by atoms with Crippen molar-refractivity contribution in [2.45, 2.75) is 26.0 Å². The summed E-state index contributed by atoms with van der Waals surface area (Å²) in [6.45, 7) is 3.22. The standard InChI is InChI=1S/C8H11N3O2/c1-3-4-6-10-11-8(13-6)7(9)5(2)12/h5,7,12H,9H2,1-2H3. The summed E-state index contributed by atoms with van der Waals surface area (Å²) in [5.74, 6) is 5.63. The predicted molar refractivity (Wildman–Crippen MR) is 45.5 cm³/mol. The topological polar surface area (TPSA) is 85.2 Å². The molecule has 0 fully saturated rings. The second kappa shape index (κ2) is 4.03. The van der Waals surface area contributed by atoms with Gasteiger partial charge >= 0.3 is 0 Å². The fraction of sp³-hybridized carbons (Fsp3) is 0.500. The van der Waals surface area contributed by atoms with E-state index in [4.69, 9.17) is 15.3 Å². The maximum absolute atomic E-state index is 9.12. The van der Waals surface area contributed by atoms with Gasteiger partial charge in [0.15, 0.2) is 0 Å². The van der Waals surface area contributed by atoms with Crippen LogP contribution in [-0.4, -0.2) is 21.4 Å². The highest BCUT2D eigenvalue weighted by Gasteiger charge is 2.18. The molecule has 0 amide bonds. The molecule has 1 heterocycles. The molecule has 2 atom stereocenters. The van der Waals surface area contributed by atoms with Crippen LogP contribution in [0.15, 0.2) is 4.42 Å². The molecule has 0 saturated carbocycles. The Balaban J connectivity index is 2.83. The van der Waals surface area contributed by atoms with E-state index in [1.54, 1.807) is 13.8 Å². The highest BCUT2D eigenvalue weighted by molar-refractivity contribution is 5.15. The molecular weight excluding hydrogens is 170 g/mol. The Morgan fingerprint density at radius 1 is 1.54 bits per heavy atom. The van der Waals surface area contributed by atoms with Crippen LogP contribution in [0, 0.1) is 11.8 Å². The van der Waals surface area contributed by atoms with E-state index in [1.807, 2.05) is 0 Å². The van der Waals surface area contributed by atoms with Crippen LogP contribution in [0.4, 0.5) is 0 Å². The average molecular weight is 181 g/mol. The van der Waals surface area contributed by atoms with E-state index in [0.717, 1.165) is 0 Å². The molecule has 0 aliphatic heterocycles. The largest absolute Gasteiger partial charge is 0.413 e. The molecule has 70 valence electrons. The van der Waals surface area contributed by atoms with Gasteiger partial charge in [-0.15, -0.1) is 5.10 Å². The lowest BCUT2D eigenvalue weighted by Gasteiger charge is -2.08. The number of nitrogens with two attached hydrogens (primary N) is 1. The SMILES string of the molecule is CC#Cc1nnc(C(N)C(C)O)o1.